The monoisotopic (exact) mass is 393 g/mol. The lowest BCUT2D eigenvalue weighted by molar-refractivity contribution is -0.144. The van der Waals surface area contributed by atoms with E-state index in [-0.39, 0.29) is 29.6 Å². The van der Waals surface area contributed by atoms with E-state index in [1.165, 1.54) is 0 Å². The smallest absolute Gasteiger partial charge is 0.242 e. The van der Waals surface area contributed by atoms with Gasteiger partial charge < -0.3 is 15.5 Å². The summed E-state index contributed by atoms with van der Waals surface area (Å²) in [6.45, 7) is 6.98. The van der Waals surface area contributed by atoms with E-state index in [1.54, 1.807) is 0 Å². The highest BCUT2D eigenvalue weighted by molar-refractivity contribution is 5.86. The van der Waals surface area contributed by atoms with Crippen LogP contribution < -0.4 is 5.73 Å². The molecule has 2 N–H and O–H groups in total. The van der Waals surface area contributed by atoms with Crippen LogP contribution in [0.5, 0.6) is 0 Å². The zero-order valence-electron chi connectivity index (χ0n) is 16.4. The van der Waals surface area contributed by atoms with Crippen molar-refractivity contribution in [2.24, 2.45) is 11.1 Å². The Bertz CT molecular complexity index is 655. The van der Waals surface area contributed by atoms with Crippen LogP contribution in [0, 0.1) is 5.41 Å². The quantitative estimate of drug-likeness (QED) is 0.855. The molecule has 0 radical (unpaired) electrons. The van der Waals surface area contributed by atoms with Crippen LogP contribution in [0.15, 0.2) is 30.3 Å². The second-order valence-electron chi connectivity index (χ2n) is 8.28. The summed E-state index contributed by atoms with van der Waals surface area (Å²) >= 11 is 0. The maximum Gasteiger partial charge on any atom is 0.242 e. The molecule has 1 spiro atoms. The molecule has 0 bridgehead atoms. The number of halogens is 1. The Morgan fingerprint density at radius 2 is 1.81 bits per heavy atom. The first-order valence-electron chi connectivity index (χ1n) is 9.75. The maximum absolute atomic E-state index is 13.0. The number of hydrogen-bond donors (Lipinski definition) is 1. The summed E-state index contributed by atoms with van der Waals surface area (Å²) in [5.41, 5.74) is 6.80. The lowest BCUT2D eigenvalue weighted by Crippen LogP contribution is -2.58. The predicted octanol–water partition coefficient (Wildman–Crippen LogP) is 2.62. The standard InChI is InChI=1S/C21H31N3O2.ClH/c1-3-23-16-21(10-9-18(23)25)11-13-24(14-12-21)19(26)20(2,22)15-17-7-5-4-6-8-17;/h4-8H,3,9-16,22H2,1-2H3;1H/t20-;/m0./s1. The van der Waals surface area contributed by atoms with Crippen molar-refractivity contribution in [1.29, 1.82) is 0 Å². The van der Waals surface area contributed by atoms with Crippen molar-refractivity contribution in [3.8, 4) is 0 Å². The predicted molar refractivity (Wildman–Crippen MR) is 110 cm³/mol. The summed E-state index contributed by atoms with van der Waals surface area (Å²) in [5.74, 6) is 0.310. The molecule has 1 aromatic carbocycles. The van der Waals surface area contributed by atoms with E-state index in [0.29, 0.717) is 12.8 Å². The summed E-state index contributed by atoms with van der Waals surface area (Å²) in [6, 6.07) is 9.95. The highest BCUT2D eigenvalue weighted by atomic mass is 35.5. The molecular formula is C21H32ClN3O2. The second-order valence-corrected chi connectivity index (χ2v) is 8.28. The third-order valence-corrected chi connectivity index (χ3v) is 6.14. The van der Waals surface area contributed by atoms with Gasteiger partial charge in [-0.15, -0.1) is 12.4 Å². The molecule has 150 valence electrons. The topological polar surface area (TPSA) is 66.6 Å². The minimum absolute atomic E-state index is 0. The van der Waals surface area contributed by atoms with E-state index >= 15 is 0 Å². The highest BCUT2D eigenvalue weighted by Crippen LogP contribution is 2.40. The van der Waals surface area contributed by atoms with Crippen LogP contribution in [0.1, 0.15) is 45.1 Å². The summed E-state index contributed by atoms with van der Waals surface area (Å²) in [4.78, 5) is 28.9. The average Bonchev–Trinajstić information content (AvgIpc) is 2.64. The second kappa shape index (κ2) is 8.61. The highest BCUT2D eigenvalue weighted by Gasteiger charge is 2.43. The zero-order chi connectivity index (χ0) is 18.8. The molecule has 0 saturated carbocycles. The number of nitrogens with zero attached hydrogens (tertiary/aromatic N) is 2. The molecule has 27 heavy (non-hydrogen) atoms. The van der Waals surface area contributed by atoms with Crippen LogP contribution in [0.4, 0.5) is 0 Å². The minimum Gasteiger partial charge on any atom is -0.342 e. The minimum atomic E-state index is -0.885. The number of carbonyl (C=O) groups is 2. The molecular weight excluding hydrogens is 362 g/mol. The summed E-state index contributed by atoms with van der Waals surface area (Å²) in [7, 11) is 0. The van der Waals surface area contributed by atoms with Gasteiger partial charge in [0.1, 0.15) is 0 Å². The molecule has 0 aromatic heterocycles. The number of hydrogen-bond acceptors (Lipinski definition) is 3. The van der Waals surface area contributed by atoms with Gasteiger partial charge in [0.15, 0.2) is 0 Å². The molecule has 1 atom stereocenters. The molecule has 2 amide bonds. The Morgan fingerprint density at radius 3 is 2.41 bits per heavy atom. The fourth-order valence-electron chi connectivity index (χ4n) is 4.44. The van der Waals surface area contributed by atoms with Crippen molar-refractivity contribution in [3.05, 3.63) is 35.9 Å². The zero-order valence-corrected chi connectivity index (χ0v) is 17.3. The summed E-state index contributed by atoms with van der Waals surface area (Å²) < 4.78 is 0. The number of piperidine rings is 2. The molecule has 2 saturated heterocycles. The van der Waals surface area contributed by atoms with E-state index in [0.717, 1.165) is 51.0 Å². The number of benzene rings is 1. The first-order valence-corrected chi connectivity index (χ1v) is 9.75. The van der Waals surface area contributed by atoms with Gasteiger partial charge >= 0.3 is 0 Å². The Balaban J connectivity index is 0.00000261. The normalized spacial score (nSPS) is 21.5. The van der Waals surface area contributed by atoms with Gasteiger partial charge in [-0.3, -0.25) is 9.59 Å². The summed E-state index contributed by atoms with van der Waals surface area (Å²) in [6.07, 6.45) is 4.07. The van der Waals surface area contributed by atoms with E-state index in [1.807, 2.05) is 54.0 Å². The molecule has 2 fully saturated rings. The third kappa shape index (κ3) is 4.82. The molecule has 3 rings (SSSR count). The molecule has 6 heteroatoms. The fourth-order valence-corrected chi connectivity index (χ4v) is 4.44. The van der Waals surface area contributed by atoms with E-state index < -0.39 is 5.54 Å². The van der Waals surface area contributed by atoms with Crippen LogP contribution in [-0.4, -0.2) is 53.3 Å². The molecule has 2 aliphatic heterocycles. The molecule has 5 nitrogen and oxygen atoms in total. The lowest BCUT2D eigenvalue weighted by Gasteiger charge is -2.48. The van der Waals surface area contributed by atoms with Crippen molar-refractivity contribution in [1.82, 2.24) is 9.80 Å². The third-order valence-electron chi connectivity index (χ3n) is 6.14. The van der Waals surface area contributed by atoms with Gasteiger partial charge in [-0.25, -0.2) is 0 Å². The van der Waals surface area contributed by atoms with Gasteiger partial charge in [0, 0.05) is 32.6 Å². The number of amides is 2. The largest absolute Gasteiger partial charge is 0.342 e. The van der Waals surface area contributed by atoms with Crippen LogP contribution in [0.3, 0.4) is 0 Å². The number of nitrogens with two attached hydrogens (primary N) is 1. The van der Waals surface area contributed by atoms with Gasteiger partial charge in [-0.2, -0.15) is 0 Å². The average molecular weight is 394 g/mol. The molecule has 1 aromatic rings. The van der Waals surface area contributed by atoms with Crippen molar-refractivity contribution >= 4 is 24.2 Å². The number of carbonyl (C=O) groups excluding carboxylic acids is 2. The Kier molecular flexibility index (Phi) is 6.92. The van der Waals surface area contributed by atoms with Crippen LogP contribution in [0.2, 0.25) is 0 Å². The maximum atomic E-state index is 13.0. The van der Waals surface area contributed by atoms with Gasteiger partial charge in [-0.1, -0.05) is 30.3 Å². The molecule has 2 aliphatic rings. The molecule has 0 unspecified atom stereocenters. The molecule has 0 aliphatic carbocycles. The van der Waals surface area contributed by atoms with Crippen molar-refractivity contribution in [2.45, 2.75) is 51.5 Å². The van der Waals surface area contributed by atoms with E-state index in [2.05, 4.69) is 0 Å². The SMILES string of the molecule is CCN1CC2(CCC1=O)CCN(C(=O)[C@@](C)(N)Cc1ccccc1)CC2.Cl. The van der Waals surface area contributed by atoms with Gasteiger partial charge in [-0.05, 0) is 50.5 Å². The van der Waals surface area contributed by atoms with Gasteiger partial charge in [0.25, 0.3) is 0 Å². The lowest BCUT2D eigenvalue weighted by atomic mass is 9.72. The molecule has 2 heterocycles. The van der Waals surface area contributed by atoms with Crippen molar-refractivity contribution in [3.63, 3.8) is 0 Å². The van der Waals surface area contributed by atoms with Crippen LogP contribution >= 0.6 is 12.4 Å². The number of rotatable bonds is 4. The first kappa shape index (κ1) is 21.7. The van der Waals surface area contributed by atoms with Crippen molar-refractivity contribution in [2.75, 3.05) is 26.2 Å². The Morgan fingerprint density at radius 1 is 1.19 bits per heavy atom. The van der Waals surface area contributed by atoms with Crippen LogP contribution in [-0.2, 0) is 16.0 Å². The van der Waals surface area contributed by atoms with Gasteiger partial charge in [0.2, 0.25) is 11.8 Å². The fraction of sp³-hybridized carbons (Fsp3) is 0.619. The Hall–Kier alpha value is -1.59. The first-order chi connectivity index (χ1) is 12.4. The number of likely N-dealkylation sites (tertiary alicyclic amines) is 2. The van der Waals surface area contributed by atoms with Crippen LogP contribution in [0.25, 0.3) is 0 Å². The van der Waals surface area contributed by atoms with E-state index in [9.17, 15) is 9.59 Å². The van der Waals surface area contributed by atoms with Crippen molar-refractivity contribution < 1.29 is 9.59 Å². The Labute approximate surface area is 168 Å². The summed E-state index contributed by atoms with van der Waals surface area (Å²) in [5, 5.41) is 0. The van der Waals surface area contributed by atoms with Gasteiger partial charge in [0.05, 0.1) is 5.54 Å². The van der Waals surface area contributed by atoms with E-state index in [4.69, 9.17) is 5.73 Å².